The minimum Gasteiger partial charge on any atom is -0.363 e. The molecular weight excluding hydrogens is 262 g/mol. The van der Waals surface area contributed by atoms with Crippen LogP contribution in [0, 0.1) is 0 Å². The van der Waals surface area contributed by atoms with E-state index in [1.165, 1.54) is 19.3 Å². The third-order valence-corrected chi connectivity index (χ3v) is 3.56. The number of hydrogen-bond donors (Lipinski definition) is 1. The van der Waals surface area contributed by atoms with E-state index in [0.29, 0.717) is 11.6 Å². The van der Waals surface area contributed by atoms with E-state index >= 15 is 0 Å². The molecule has 2 aromatic heterocycles. The Hall–Kier alpha value is -1.62. The summed E-state index contributed by atoms with van der Waals surface area (Å²) in [6, 6.07) is 3.68. The fraction of sp³-hybridized carbons (Fsp3) is 0.462. The third-order valence-electron chi connectivity index (χ3n) is 3.34. The van der Waals surface area contributed by atoms with Crippen molar-refractivity contribution in [3.05, 3.63) is 35.0 Å². The van der Waals surface area contributed by atoms with Crippen molar-refractivity contribution in [3.8, 4) is 0 Å². The van der Waals surface area contributed by atoms with E-state index in [1.807, 2.05) is 12.1 Å². The zero-order valence-corrected chi connectivity index (χ0v) is 11.4. The molecule has 3 heterocycles. The molecule has 0 unspecified atom stereocenters. The normalized spacial score (nSPS) is 14.8. The van der Waals surface area contributed by atoms with Gasteiger partial charge in [0.05, 0.1) is 11.6 Å². The molecule has 0 atom stereocenters. The number of aromatic nitrogens is 4. The predicted molar refractivity (Wildman–Crippen MR) is 74.2 cm³/mol. The van der Waals surface area contributed by atoms with Gasteiger partial charge in [0.25, 0.3) is 0 Å². The first kappa shape index (κ1) is 12.4. The van der Waals surface area contributed by atoms with Crippen molar-refractivity contribution in [2.45, 2.75) is 38.8 Å². The van der Waals surface area contributed by atoms with Crippen LogP contribution in [-0.2, 0) is 19.5 Å². The molecule has 0 bridgehead atoms. The minimum atomic E-state index is 0.641. The van der Waals surface area contributed by atoms with Gasteiger partial charge >= 0.3 is 0 Å². The van der Waals surface area contributed by atoms with E-state index in [4.69, 9.17) is 11.6 Å². The average molecular weight is 278 g/mol. The molecule has 0 fully saturated rings. The molecule has 0 amide bonds. The first-order valence-electron chi connectivity index (χ1n) is 6.59. The van der Waals surface area contributed by atoms with Gasteiger partial charge in [-0.2, -0.15) is 0 Å². The van der Waals surface area contributed by atoms with E-state index in [1.54, 1.807) is 6.20 Å². The topological polar surface area (TPSA) is 55.6 Å². The van der Waals surface area contributed by atoms with Gasteiger partial charge in [-0.1, -0.05) is 18.0 Å². The molecule has 0 aromatic carbocycles. The second-order valence-electron chi connectivity index (χ2n) is 4.71. The number of aryl methyl sites for hydroxylation is 1. The van der Waals surface area contributed by atoms with Crippen LogP contribution in [0.4, 0.5) is 5.82 Å². The van der Waals surface area contributed by atoms with Gasteiger partial charge in [-0.25, -0.2) is 4.98 Å². The lowest BCUT2D eigenvalue weighted by Crippen LogP contribution is -2.10. The quantitative estimate of drug-likeness (QED) is 0.937. The number of pyridine rings is 1. The lowest BCUT2D eigenvalue weighted by atomic mass is 10.2. The number of anilines is 1. The highest BCUT2D eigenvalue weighted by Crippen LogP contribution is 2.15. The van der Waals surface area contributed by atoms with Crippen LogP contribution in [0.15, 0.2) is 18.3 Å². The Morgan fingerprint density at radius 3 is 3.00 bits per heavy atom. The highest BCUT2D eigenvalue weighted by atomic mass is 35.5. The van der Waals surface area contributed by atoms with Crippen LogP contribution in [-0.4, -0.2) is 19.7 Å². The van der Waals surface area contributed by atoms with Crippen molar-refractivity contribution in [2.75, 3.05) is 5.32 Å². The molecule has 0 aliphatic carbocycles. The molecule has 0 spiro atoms. The molecule has 5 nitrogen and oxygen atoms in total. The summed E-state index contributed by atoms with van der Waals surface area (Å²) in [5, 5.41) is 12.4. The minimum absolute atomic E-state index is 0.641. The Bertz CT molecular complexity index is 549. The Morgan fingerprint density at radius 1 is 1.21 bits per heavy atom. The van der Waals surface area contributed by atoms with Gasteiger partial charge < -0.3 is 9.88 Å². The summed E-state index contributed by atoms with van der Waals surface area (Å²) in [7, 11) is 0. The van der Waals surface area contributed by atoms with Crippen LogP contribution >= 0.6 is 11.6 Å². The molecule has 0 saturated carbocycles. The van der Waals surface area contributed by atoms with Gasteiger partial charge in [-0.05, 0) is 25.0 Å². The van der Waals surface area contributed by atoms with Crippen molar-refractivity contribution < 1.29 is 0 Å². The SMILES string of the molecule is Clc1ccc(NCc2nnc3n2CCCCC3)nc1. The van der Waals surface area contributed by atoms with Crippen LogP contribution in [0.1, 0.15) is 30.9 Å². The van der Waals surface area contributed by atoms with Crippen molar-refractivity contribution in [1.29, 1.82) is 0 Å². The van der Waals surface area contributed by atoms with Crippen LogP contribution in [0.5, 0.6) is 0 Å². The van der Waals surface area contributed by atoms with E-state index < -0.39 is 0 Å². The maximum absolute atomic E-state index is 5.81. The Balaban J connectivity index is 1.70. The third kappa shape index (κ3) is 2.87. The van der Waals surface area contributed by atoms with Gasteiger partial charge in [0.1, 0.15) is 11.6 Å². The monoisotopic (exact) mass is 277 g/mol. The summed E-state index contributed by atoms with van der Waals surface area (Å²) in [5.41, 5.74) is 0. The molecule has 1 aliphatic rings. The second kappa shape index (κ2) is 5.57. The van der Waals surface area contributed by atoms with E-state index in [0.717, 1.165) is 30.4 Å². The standard InChI is InChI=1S/C13H16ClN5/c14-10-5-6-11(15-8-10)16-9-13-18-17-12-4-2-1-3-7-19(12)13/h5-6,8H,1-4,7,9H2,(H,15,16). The second-order valence-corrected chi connectivity index (χ2v) is 5.15. The van der Waals surface area contributed by atoms with Crippen LogP contribution < -0.4 is 5.32 Å². The summed E-state index contributed by atoms with van der Waals surface area (Å²) in [4.78, 5) is 4.21. The van der Waals surface area contributed by atoms with E-state index in [9.17, 15) is 0 Å². The number of halogens is 1. The lowest BCUT2D eigenvalue weighted by molar-refractivity contribution is 0.610. The molecule has 2 aromatic rings. The van der Waals surface area contributed by atoms with Crippen molar-refractivity contribution in [3.63, 3.8) is 0 Å². The van der Waals surface area contributed by atoms with Gasteiger partial charge in [-0.3, -0.25) is 0 Å². The summed E-state index contributed by atoms with van der Waals surface area (Å²) in [6.07, 6.45) is 6.36. The fourth-order valence-electron chi connectivity index (χ4n) is 2.33. The molecule has 6 heteroatoms. The number of nitrogens with one attached hydrogen (secondary N) is 1. The van der Waals surface area contributed by atoms with Crippen molar-refractivity contribution in [1.82, 2.24) is 19.7 Å². The predicted octanol–water partition coefficient (Wildman–Crippen LogP) is 2.67. The maximum atomic E-state index is 5.81. The fourth-order valence-corrected chi connectivity index (χ4v) is 2.44. The van der Waals surface area contributed by atoms with Gasteiger partial charge in [0.15, 0.2) is 5.82 Å². The zero-order valence-electron chi connectivity index (χ0n) is 10.6. The number of hydrogen-bond acceptors (Lipinski definition) is 4. The summed E-state index contributed by atoms with van der Waals surface area (Å²) in [5.74, 6) is 2.89. The Labute approximate surface area is 117 Å². The largest absolute Gasteiger partial charge is 0.363 e. The van der Waals surface area contributed by atoms with Gasteiger partial charge in [0.2, 0.25) is 0 Å². The highest BCUT2D eigenvalue weighted by Gasteiger charge is 2.14. The van der Waals surface area contributed by atoms with E-state index in [-0.39, 0.29) is 0 Å². The molecular formula is C13H16ClN5. The van der Waals surface area contributed by atoms with Crippen molar-refractivity contribution in [2.24, 2.45) is 0 Å². The first-order chi connectivity index (χ1) is 9.33. The maximum Gasteiger partial charge on any atom is 0.152 e. The van der Waals surface area contributed by atoms with Crippen LogP contribution in [0.3, 0.4) is 0 Å². The van der Waals surface area contributed by atoms with Crippen LogP contribution in [0.2, 0.25) is 5.02 Å². The summed E-state index contributed by atoms with van der Waals surface area (Å²) < 4.78 is 2.23. The Kier molecular flexibility index (Phi) is 3.64. The smallest absolute Gasteiger partial charge is 0.152 e. The summed E-state index contributed by atoms with van der Waals surface area (Å²) in [6.45, 7) is 1.66. The highest BCUT2D eigenvalue weighted by molar-refractivity contribution is 6.30. The first-order valence-corrected chi connectivity index (χ1v) is 6.97. The number of fused-ring (bicyclic) bond motifs is 1. The number of rotatable bonds is 3. The molecule has 1 aliphatic heterocycles. The average Bonchev–Trinajstić information content (AvgIpc) is 2.66. The van der Waals surface area contributed by atoms with Crippen molar-refractivity contribution >= 4 is 17.4 Å². The molecule has 0 radical (unpaired) electrons. The molecule has 19 heavy (non-hydrogen) atoms. The number of nitrogens with zero attached hydrogens (tertiary/aromatic N) is 4. The molecule has 0 saturated heterocycles. The summed E-state index contributed by atoms with van der Waals surface area (Å²) >= 11 is 5.81. The zero-order chi connectivity index (χ0) is 13.1. The van der Waals surface area contributed by atoms with Gasteiger partial charge in [0, 0.05) is 19.2 Å². The molecule has 1 N–H and O–H groups in total. The molecule has 100 valence electrons. The van der Waals surface area contributed by atoms with Crippen LogP contribution in [0.25, 0.3) is 0 Å². The molecule has 3 rings (SSSR count). The lowest BCUT2D eigenvalue weighted by Gasteiger charge is -2.08. The Morgan fingerprint density at radius 2 is 2.16 bits per heavy atom. The van der Waals surface area contributed by atoms with E-state index in [2.05, 4.69) is 25.1 Å². The van der Waals surface area contributed by atoms with Gasteiger partial charge in [-0.15, -0.1) is 10.2 Å².